The molecule has 1 aliphatic heterocycles. The molecule has 1 aromatic heterocycles. The molecule has 1 aliphatic rings. The number of hydrogen-bond donors (Lipinski definition) is 3. The van der Waals surface area contributed by atoms with Gasteiger partial charge in [0.1, 0.15) is 0 Å². The van der Waals surface area contributed by atoms with Crippen molar-refractivity contribution in [1.29, 1.82) is 0 Å². The van der Waals surface area contributed by atoms with E-state index in [1.165, 1.54) is 6.20 Å². The number of rotatable bonds is 3. The maximum atomic E-state index is 9.60. The molecule has 2 rings (SSSR count). The fourth-order valence-electron chi connectivity index (χ4n) is 2.38. The van der Waals surface area contributed by atoms with E-state index < -0.39 is 0 Å². The van der Waals surface area contributed by atoms with E-state index >= 15 is 0 Å². The highest BCUT2D eigenvalue weighted by molar-refractivity contribution is 5.99. The van der Waals surface area contributed by atoms with Crippen LogP contribution in [0.25, 0.3) is 0 Å². The molecule has 2 heterocycles. The van der Waals surface area contributed by atoms with E-state index in [4.69, 9.17) is 10.9 Å². The van der Waals surface area contributed by atoms with Crippen molar-refractivity contribution >= 4 is 11.7 Å². The maximum Gasteiger partial charge on any atom is 0.192 e. The zero-order valence-electron chi connectivity index (χ0n) is 10.9. The van der Waals surface area contributed by atoms with Gasteiger partial charge in [0.15, 0.2) is 17.3 Å². The molecule has 7 nitrogen and oxygen atoms in total. The number of aliphatic hydroxyl groups excluding tert-OH is 1. The van der Waals surface area contributed by atoms with Crippen molar-refractivity contribution in [3.63, 3.8) is 0 Å². The lowest BCUT2D eigenvalue weighted by Crippen LogP contribution is -2.38. The summed E-state index contributed by atoms with van der Waals surface area (Å²) in [6.45, 7) is 3.38. The van der Waals surface area contributed by atoms with Gasteiger partial charge in [0.25, 0.3) is 0 Å². The molecule has 0 spiro atoms. The van der Waals surface area contributed by atoms with Gasteiger partial charge in [0.2, 0.25) is 0 Å². The Bertz CT molecular complexity index is 455. The van der Waals surface area contributed by atoms with Gasteiger partial charge >= 0.3 is 0 Å². The van der Waals surface area contributed by atoms with Crippen LogP contribution in [0.1, 0.15) is 25.5 Å². The first-order valence-corrected chi connectivity index (χ1v) is 6.35. The number of oxime groups is 1. The van der Waals surface area contributed by atoms with Crippen LogP contribution < -0.4 is 10.6 Å². The van der Waals surface area contributed by atoms with Gasteiger partial charge in [-0.05, 0) is 25.7 Å². The topological polar surface area (TPSA) is 108 Å². The SMILES string of the molecule is CC(O)C1CCN(c2nccnc2C(N)=NO)CC1. The van der Waals surface area contributed by atoms with Crippen LogP contribution in [0.4, 0.5) is 5.82 Å². The molecule has 19 heavy (non-hydrogen) atoms. The lowest BCUT2D eigenvalue weighted by atomic mass is 9.92. The number of aliphatic hydroxyl groups is 1. The summed E-state index contributed by atoms with van der Waals surface area (Å²) >= 11 is 0. The molecular weight excluding hydrogens is 246 g/mol. The van der Waals surface area contributed by atoms with Crippen molar-refractivity contribution in [2.45, 2.75) is 25.9 Å². The predicted octanol–water partition coefficient (Wildman–Crippen LogP) is 0.168. The summed E-state index contributed by atoms with van der Waals surface area (Å²) < 4.78 is 0. The number of aromatic nitrogens is 2. The average molecular weight is 265 g/mol. The smallest absolute Gasteiger partial charge is 0.192 e. The number of hydrogen-bond acceptors (Lipinski definition) is 6. The van der Waals surface area contributed by atoms with Gasteiger partial charge in [-0.15, -0.1) is 0 Å². The maximum absolute atomic E-state index is 9.60. The summed E-state index contributed by atoms with van der Waals surface area (Å²) in [4.78, 5) is 10.4. The van der Waals surface area contributed by atoms with Crippen molar-refractivity contribution in [3.05, 3.63) is 18.1 Å². The highest BCUT2D eigenvalue weighted by Crippen LogP contribution is 2.25. The molecule has 0 bridgehead atoms. The molecule has 0 aliphatic carbocycles. The van der Waals surface area contributed by atoms with Gasteiger partial charge < -0.3 is 20.9 Å². The van der Waals surface area contributed by atoms with Crippen LogP contribution in [0.3, 0.4) is 0 Å². The molecular formula is C12H19N5O2. The Hall–Kier alpha value is -1.89. The first-order valence-electron chi connectivity index (χ1n) is 6.35. The normalized spacial score (nSPS) is 19.5. The summed E-state index contributed by atoms with van der Waals surface area (Å²) in [5.74, 6) is 0.905. The van der Waals surface area contributed by atoms with E-state index in [2.05, 4.69) is 20.0 Å². The number of nitrogens with zero attached hydrogens (tertiary/aromatic N) is 4. The van der Waals surface area contributed by atoms with E-state index in [0.29, 0.717) is 17.4 Å². The quantitative estimate of drug-likeness (QED) is 0.311. The van der Waals surface area contributed by atoms with Gasteiger partial charge in [0.05, 0.1) is 6.10 Å². The second-order valence-electron chi connectivity index (χ2n) is 4.78. The zero-order chi connectivity index (χ0) is 13.8. The van der Waals surface area contributed by atoms with Crippen molar-refractivity contribution in [2.24, 2.45) is 16.8 Å². The Morgan fingerprint density at radius 3 is 2.63 bits per heavy atom. The van der Waals surface area contributed by atoms with Crippen LogP contribution >= 0.6 is 0 Å². The molecule has 1 fully saturated rings. The third-order valence-electron chi connectivity index (χ3n) is 3.55. The minimum absolute atomic E-state index is 0.0410. The third-order valence-corrected chi connectivity index (χ3v) is 3.55. The predicted molar refractivity (Wildman–Crippen MR) is 71.2 cm³/mol. The largest absolute Gasteiger partial charge is 0.409 e. The molecule has 104 valence electrons. The van der Waals surface area contributed by atoms with Gasteiger partial charge in [-0.3, -0.25) is 0 Å². The second kappa shape index (κ2) is 5.83. The monoisotopic (exact) mass is 265 g/mol. The molecule has 0 aromatic carbocycles. The molecule has 7 heteroatoms. The molecule has 1 atom stereocenters. The molecule has 4 N–H and O–H groups in total. The lowest BCUT2D eigenvalue weighted by molar-refractivity contribution is 0.110. The van der Waals surface area contributed by atoms with Gasteiger partial charge in [0, 0.05) is 25.5 Å². The van der Waals surface area contributed by atoms with Crippen molar-refractivity contribution in [1.82, 2.24) is 9.97 Å². The summed E-state index contributed by atoms with van der Waals surface area (Å²) in [6.07, 6.45) is 4.60. The van der Waals surface area contributed by atoms with Crippen LogP contribution in [0.2, 0.25) is 0 Å². The fourth-order valence-corrected chi connectivity index (χ4v) is 2.38. The third kappa shape index (κ3) is 2.93. The number of nitrogens with two attached hydrogens (primary N) is 1. The summed E-state index contributed by atoms with van der Waals surface area (Å²) in [5, 5.41) is 21.3. The molecule has 0 amide bonds. The standard InChI is InChI=1S/C12H19N5O2/c1-8(18)9-2-6-17(7-3-9)12-10(11(13)16-19)14-4-5-15-12/h4-5,8-9,18-19H,2-3,6-7H2,1H3,(H2,13,16). The summed E-state index contributed by atoms with van der Waals surface area (Å²) in [5.41, 5.74) is 6.00. The van der Waals surface area contributed by atoms with E-state index in [1.54, 1.807) is 6.20 Å². The van der Waals surface area contributed by atoms with E-state index in [-0.39, 0.29) is 11.9 Å². The molecule has 0 saturated carbocycles. The van der Waals surface area contributed by atoms with Crippen LogP contribution in [0.15, 0.2) is 17.5 Å². The Morgan fingerprint density at radius 2 is 2.05 bits per heavy atom. The highest BCUT2D eigenvalue weighted by atomic mass is 16.4. The van der Waals surface area contributed by atoms with Crippen molar-refractivity contribution in [3.8, 4) is 0 Å². The Kier molecular flexibility index (Phi) is 4.16. The van der Waals surface area contributed by atoms with Crippen LogP contribution in [-0.4, -0.2) is 45.3 Å². The zero-order valence-corrected chi connectivity index (χ0v) is 10.9. The highest BCUT2D eigenvalue weighted by Gasteiger charge is 2.25. The minimum Gasteiger partial charge on any atom is -0.409 e. The average Bonchev–Trinajstić information content (AvgIpc) is 2.46. The second-order valence-corrected chi connectivity index (χ2v) is 4.78. The molecule has 1 saturated heterocycles. The van der Waals surface area contributed by atoms with Crippen LogP contribution in [0.5, 0.6) is 0 Å². The molecule has 0 radical (unpaired) electrons. The number of anilines is 1. The Labute approximate surface area is 111 Å². The number of amidine groups is 1. The first kappa shape index (κ1) is 13.5. The van der Waals surface area contributed by atoms with Crippen LogP contribution in [-0.2, 0) is 0 Å². The molecule has 1 aromatic rings. The van der Waals surface area contributed by atoms with Crippen LogP contribution in [0, 0.1) is 5.92 Å². The van der Waals surface area contributed by atoms with Gasteiger partial charge in [-0.1, -0.05) is 5.16 Å². The Balaban J connectivity index is 2.16. The van der Waals surface area contributed by atoms with E-state index in [1.807, 2.05) is 6.92 Å². The van der Waals surface area contributed by atoms with Gasteiger partial charge in [-0.2, -0.15) is 0 Å². The minimum atomic E-state index is -0.285. The van der Waals surface area contributed by atoms with Crippen molar-refractivity contribution in [2.75, 3.05) is 18.0 Å². The Morgan fingerprint density at radius 1 is 1.42 bits per heavy atom. The first-order chi connectivity index (χ1) is 9.13. The van der Waals surface area contributed by atoms with E-state index in [9.17, 15) is 5.11 Å². The number of piperidine rings is 1. The molecule has 1 unspecified atom stereocenters. The van der Waals surface area contributed by atoms with E-state index in [0.717, 1.165) is 25.9 Å². The van der Waals surface area contributed by atoms with Crippen molar-refractivity contribution < 1.29 is 10.3 Å². The lowest BCUT2D eigenvalue weighted by Gasteiger charge is -2.34. The fraction of sp³-hybridized carbons (Fsp3) is 0.583. The van der Waals surface area contributed by atoms with Gasteiger partial charge in [-0.25, -0.2) is 9.97 Å². The summed E-state index contributed by atoms with van der Waals surface area (Å²) in [6, 6.07) is 0. The summed E-state index contributed by atoms with van der Waals surface area (Å²) in [7, 11) is 0.